The van der Waals surface area contributed by atoms with E-state index in [0.717, 1.165) is 28.2 Å². The molecule has 7 heteroatoms. The first-order chi connectivity index (χ1) is 12.9. The third kappa shape index (κ3) is 2.92. The second-order valence-electron chi connectivity index (χ2n) is 6.04. The average Bonchev–Trinajstić information content (AvgIpc) is 2.92. The van der Waals surface area contributed by atoms with Gasteiger partial charge in [-0.2, -0.15) is 8.42 Å². The second kappa shape index (κ2) is 6.15. The van der Waals surface area contributed by atoms with Gasteiger partial charge in [0.1, 0.15) is 0 Å². The molecule has 0 unspecified atom stereocenters. The highest BCUT2D eigenvalue weighted by molar-refractivity contribution is 7.85. The molecular formula is C20H13NO5S. The molecule has 0 aliphatic carbocycles. The molecule has 3 aromatic carbocycles. The lowest BCUT2D eigenvalue weighted by Crippen LogP contribution is -2.29. The first-order valence-corrected chi connectivity index (χ1v) is 9.46. The number of amides is 2. The lowest BCUT2D eigenvalue weighted by Gasteiger charge is -2.13. The number of benzene rings is 3. The number of hydrogen-bond acceptors (Lipinski definition) is 4. The minimum absolute atomic E-state index is 0.231. The highest BCUT2D eigenvalue weighted by atomic mass is 32.2. The van der Waals surface area contributed by atoms with Gasteiger partial charge in [0.15, 0.2) is 0 Å². The molecule has 134 valence electrons. The van der Waals surface area contributed by atoms with Crippen molar-refractivity contribution in [3.05, 3.63) is 83.9 Å². The average molecular weight is 379 g/mol. The maximum Gasteiger partial charge on any atom is 0.294 e. The Kier molecular flexibility index (Phi) is 3.91. The summed E-state index contributed by atoms with van der Waals surface area (Å²) < 4.78 is 31.4. The number of rotatable bonds is 3. The fraction of sp³-hybridized carbons (Fsp3) is 0. The highest BCUT2D eigenvalue weighted by Crippen LogP contribution is 2.32. The van der Waals surface area contributed by atoms with Gasteiger partial charge in [-0.05, 0) is 47.5 Å². The van der Waals surface area contributed by atoms with Gasteiger partial charge in [-0.1, -0.05) is 36.4 Å². The first-order valence-electron chi connectivity index (χ1n) is 8.02. The lowest BCUT2D eigenvalue weighted by atomic mass is 10.0. The molecule has 2 amide bonds. The van der Waals surface area contributed by atoms with Gasteiger partial charge >= 0.3 is 0 Å². The Bertz CT molecular complexity index is 1170. The summed E-state index contributed by atoms with van der Waals surface area (Å²) in [6.07, 6.45) is 0. The molecule has 1 aliphatic heterocycles. The molecule has 4 rings (SSSR count). The van der Waals surface area contributed by atoms with Crippen molar-refractivity contribution in [3.8, 4) is 11.1 Å². The van der Waals surface area contributed by atoms with Crippen LogP contribution in [-0.2, 0) is 10.1 Å². The molecule has 1 aliphatic rings. The summed E-state index contributed by atoms with van der Waals surface area (Å²) in [5.74, 6) is -0.957. The molecule has 0 fully saturated rings. The van der Waals surface area contributed by atoms with Crippen molar-refractivity contribution in [2.24, 2.45) is 0 Å². The third-order valence-electron chi connectivity index (χ3n) is 4.39. The predicted octanol–water partition coefficient (Wildman–Crippen LogP) is 3.40. The molecule has 0 atom stereocenters. The van der Waals surface area contributed by atoms with Crippen molar-refractivity contribution in [3.63, 3.8) is 0 Å². The Morgan fingerprint density at radius 2 is 1.33 bits per heavy atom. The van der Waals surface area contributed by atoms with Crippen molar-refractivity contribution >= 4 is 27.6 Å². The summed E-state index contributed by atoms with van der Waals surface area (Å²) >= 11 is 0. The fourth-order valence-electron chi connectivity index (χ4n) is 3.05. The van der Waals surface area contributed by atoms with Gasteiger partial charge in [-0.3, -0.25) is 14.1 Å². The highest BCUT2D eigenvalue weighted by Gasteiger charge is 2.36. The van der Waals surface area contributed by atoms with E-state index in [9.17, 15) is 18.0 Å². The van der Waals surface area contributed by atoms with Crippen LogP contribution >= 0.6 is 0 Å². The topological polar surface area (TPSA) is 91.8 Å². The van der Waals surface area contributed by atoms with Gasteiger partial charge in [0.25, 0.3) is 21.9 Å². The van der Waals surface area contributed by atoms with E-state index in [0.29, 0.717) is 11.1 Å². The molecular weight excluding hydrogens is 366 g/mol. The molecule has 1 heterocycles. The maximum atomic E-state index is 12.8. The van der Waals surface area contributed by atoms with Crippen molar-refractivity contribution in [1.82, 2.24) is 0 Å². The Hall–Kier alpha value is -3.29. The Labute approximate surface area is 155 Å². The number of carbonyl (C=O) groups excluding carboxylic acids is 2. The summed E-state index contributed by atoms with van der Waals surface area (Å²) in [6.45, 7) is 0. The van der Waals surface area contributed by atoms with Crippen LogP contribution in [-0.4, -0.2) is 24.8 Å². The second-order valence-corrected chi connectivity index (χ2v) is 7.46. The van der Waals surface area contributed by atoms with Gasteiger partial charge in [-0.15, -0.1) is 0 Å². The zero-order chi connectivity index (χ0) is 19.2. The van der Waals surface area contributed by atoms with Crippen molar-refractivity contribution < 1.29 is 22.6 Å². The minimum Gasteiger partial charge on any atom is -0.282 e. The molecule has 1 N–H and O–H groups in total. The number of fused-ring (bicyclic) bond motifs is 1. The van der Waals surface area contributed by atoms with Gasteiger partial charge in [0.05, 0.1) is 21.7 Å². The number of hydrogen-bond donors (Lipinski definition) is 1. The van der Waals surface area contributed by atoms with Crippen LogP contribution in [0.3, 0.4) is 0 Å². The molecule has 0 aromatic heterocycles. The summed E-state index contributed by atoms with van der Waals surface area (Å²) in [5.41, 5.74) is 2.56. The smallest absolute Gasteiger partial charge is 0.282 e. The zero-order valence-corrected chi connectivity index (χ0v) is 14.7. The van der Waals surface area contributed by atoms with Gasteiger partial charge < -0.3 is 0 Å². The Morgan fingerprint density at radius 1 is 0.704 bits per heavy atom. The largest absolute Gasteiger partial charge is 0.294 e. The number of imide groups is 1. The summed E-state index contributed by atoms with van der Waals surface area (Å²) in [5, 5.41) is 0. The molecule has 0 saturated heterocycles. The molecule has 3 aromatic rings. The van der Waals surface area contributed by atoms with Crippen molar-refractivity contribution in [2.45, 2.75) is 4.90 Å². The standard InChI is InChI=1S/C20H13NO5S/c22-19-17-11-6-14(13-4-2-1-3-5-13)12-18(17)20(23)21(19)15-7-9-16(10-8-15)27(24,25)26/h1-12H,(H,24,25,26). The maximum absolute atomic E-state index is 12.8. The number of anilines is 1. The molecule has 0 saturated carbocycles. The van der Waals surface area contributed by atoms with Crippen LogP contribution in [0, 0.1) is 0 Å². The molecule has 6 nitrogen and oxygen atoms in total. The van der Waals surface area contributed by atoms with Gasteiger partial charge in [-0.25, -0.2) is 4.90 Å². The van der Waals surface area contributed by atoms with E-state index in [1.54, 1.807) is 18.2 Å². The molecule has 0 bridgehead atoms. The van der Waals surface area contributed by atoms with Crippen LogP contribution in [0.25, 0.3) is 11.1 Å². The van der Waals surface area contributed by atoms with Gasteiger partial charge in [0, 0.05) is 0 Å². The van der Waals surface area contributed by atoms with Crippen LogP contribution in [0.4, 0.5) is 5.69 Å². The first kappa shape index (κ1) is 17.1. The molecule has 0 spiro atoms. The Balaban J connectivity index is 1.73. The van der Waals surface area contributed by atoms with Crippen LogP contribution in [0.5, 0.6) is 0 Å². The molecule has 27 heavy (non-hydrogen) atoms. The molecule has 0 radical (unpaired) electrons. The lowest BCUT2D eigenvalue weighted by molar-refractivity contribution is 0.0926. The van der Waals surface area contributed by atoms with E-state index in [2.05, 4.69) is 0 Å². The quantitative estimate of drug-likeness (QED) is 0.556. The SMILES string of the molecule is O=C1c2ccc(-c3ccccc3)cc2C(=O)N1c1ccc(S(=O)(=O)O)cc1. The van der Waals surface area contributed by atoms with E-state index < -0.39 is 21.9 Å². The summed E-state index contributed by atoms with van der Waals surface area (Å²) in [7, 11) is -4.35. The third-order valence-corrected chi connectivity index (χ3v) is 5.25. The van der Waals surface area contributed by atoms with E-state index in [-0.39, 0.29) is 10.6 Å². The fourth-order valence-corrected chi connectivity index (χ4v) is 3.53. The van der Waals surface area contributed by atoms with Crippen LogP contribution in [0.2, 0.25) is 0 Å². The van der Waals surface area contributed by atoms with Crippen molar-refractivity contribution in [2.75, 3.05) is 4.90 Å². The van der Waals surface area contributed by atoms with E-state index in [4.69, 9.17) is 4.55 Å². The summed E-state index contributed by atoms with van der Waals surface area (Å²) in [4.78, 5) is 26.2. The van der Waals surface area contributed by atoms with E-state index in [1.165, 1.54) is 12.1 Å². The number of carbonyl (C=O) groups is 2. The summed E-state index contributed by atoms with van der Waals surface area (Å²) in [6, 6.07) is 19.5. The van der Waals surface area contributed by atoms with E-state index in [1.807, 2.05) is 30.3 Å². The van der Waals surface area contributed by atoms with Gasteiger partial charge in [0.2, 0.25) is 0 Å². The number of nitrogens with zero attached hydrogens (tertiary/aromatic N) is 1. The Morgan fingerprint density at radius 3 is 1.96 bits per heavy atom. The van der Waals surface area contributed by atoms with Crippen molar-refractivity contribution in [1.29, 1.82) is 0 Å². The monoisotopic (exact) mass is 379 g/mol. The normalized spacial score (nSPS) is 13.7. The zero-order valence-electron chi connectivity index (χ0n) is 13.9. The van der Waals surface area contributed by atoms with Crippen LogP contribution in [0.15, 0.2) is 77.7 Å². The van der Waals surface area contributed by atoms with E-state index >= 15 is 0 Å². The predicted molar refractivity (Wildman–Crippen MR) is 99.3 cm³/mol. The van der Waals surface area contributed by atoms with Crippen LogP contribution < -0.4 is 4.90 Å². The van der Waals surface area contributed by atoms with Crippen LogP contribution in [0.1, 0.15) is 20.7 Å². The minimum atomic E-state index is -4.35.